The maximum Gasteiger partial charge on any atom is 0.226 e. The number of nitrogens with one attached hydrogen (secondary N) is 1. The molecule has 0 aliphatic carbocycles. The average Bonchev–Trinajstić information content (AvgIpc) is 2.81. The molecule has 0 radical (unpaired) electrons. The fraction of sp³-hybridized carbons (Fsp3) is 0.667. The highest BCUT2D eigenvalue weighted by Crippen LogP contribution is 2.19. The number of methoxy groups -OCH3 is 1. The van der Waals surface area contributed by atoms with Crippen LogP contribution in [-0.2, 0) is 4.74 Å². The summed E-state index contributed by atoms with van der Waals surface area (Å²) in [6.07, 6.45) is 2.48. The number of aromatic nitrogens is 2. The van der Waals surface area contributed by atoms with Crippen molar-refractivity contribution in [1.29, 1.82) is 0 Å². The summed E-state index contributed by atoms with van der Waals surface area (Å²) in [6.45, 7) is 4.87. The van der Waals surface area contributed by atoms with E-state index >= 15 is 0 Å². The standard InChI is InChI=1S/C12H19N3O2/c1-8-7-11(16-3)15-12(13-8)14-9(2)10-5-4-6-17-10/h7,9-10H,4-6H2,1-3H3,(H,13,14,15). The van der Waals surface area contributed by atoms with E-state index in [9.17, 15) is 0 Å². The van der Waals surface area contributed by atoms with Crippen molar-refractivity contribution in [3.05, 3.63) is 11.8 Å². The molecule has 0 spiro atoms. The van der Waals surface area contributed by atoms with Gasteiger partial charge in [0.25, 0.3) is 0 Å². The normalized spacial score (nSPS) is 21.2. The molecule has 0 saturated carbocycles. The molecule has 2 heterocycles. The number of hydrogen-bond donors (Lipinski definition) is 1. The molecular weight excluding hydrogens is 218 g/mol. The molecule has 1 saturated heterocycles. The molecule has 1 N–H and O–H groups in total. The van der Waals surface area contributed by atoms with E-state index in [4.69, 9.17) is 9.47 Å². The van der Waals surface area contributed by atoms with Gasteiger partial charge in [-0.15, -0.1) is 0 Å². The summed E-state index contributed by atoms with van der Waals surface area (Å²) in [4.78, 5) is 8.60. The first-order chi connectivity index (χ1) is 8.19. The fourth-order valence-corrected chi connectivity index (χ4v) is 2.00. The summed E-state index contributed by atoms with van der Waals surface area (Å²) in [5.74, 6) is 1.18. The minimum absolute atomic E-state index is 0.212. The highest BCUT2D eigenvalue weighted by atomic mass is 16.5. The zero-order valence-electron chi connectivity index (χ0n) is 10.6. The molecule has 2 rings (SSSR count). The lowest BCUT2D eigenvalue weighted by atomic mass is 10.1. The number of ether oxygens (including phenoxy) is 2. The Morgan fingerprint density at radius 3 is 3.00 bits per heavy atom. The van der Waals surface area contributed by atoms with Crippen LogP contribution in [0.2, 0.25) is 0 Å². The van der Waals surface area contributed by atoms with Crippen LogP contribution in [0, 0.1) is 6.92 Å². The Morgan fingerprint density at radius 1 is 1.53 bits per heavy atom. The van der Waals surface area contributed by atoms with Crippen molar-refractivity contribution in [3.8, 4) is 5.88 Å². The topological polar surface area (TPSA) is 56.3 Å². The summed E-state index contributed by atoms with van der Waals surface area (Å²) in [6, 6.07) is 2.02. The summed E-state index contributed by atoms with van der Waals surface area (Å²) in [7, 11) is 1.61. The lowest BCUT2D eigenvalue weighted by Crippen LogP contribution is -2.30. The van der Waals surface area contributed by atoms with Gasteiger partial charge in [-0.05, 0) is 26.7 Å². The lowest BCUT2D eigenvalue weighted by molar-refractivity contribution is 0.0994. The molecular formula is C12H19N3O2. The largest absolute Gasteiger partial charge is 0.481 e. The minimum atomic E-state index is 0.212. The number of anilines is 1. The maximum absolute atomic E-state index is 5.62. The number of nitrogens with zero attached hydrogens (tertiary/aromatic N) is 2. The molecule has 1 aromatic heterocycles. The Hall–Kier alpha value is -1.36. The Kier molecular flexibility index (Phi) is 3.78. The third kappa shape index (κ3) is 3.06. The van der Waals surface area contributed by atoms with Crippen LogP contribution >= 0.6 is 0 Å². The van der Waals surface area contributed by atoms with Gasteiger partial charge in [-0.1, -0.05) is 0 Å². The SMILES string of the molecule is COc1cc(C)nc(NC(C)C2CCCO2)n1. The highest BCUT2D eigenvalue weighted by molar-refractivity contribution is 5.31. The molecule has 1 aliphatic rings. The van der Waals surface area contributed by atoms with Crippen LogP contribution < -0.4 is 10.1 Å². The van der Waals surface area contributed by atoms with Gasteiger partial charge in [0.2, 0.25) is 11.8 Å². The van der Waals surface area contributed by atoms with Crippen molar-refractivity contribution in [2.24, 2.45) is 0 Å². The minimum Gasteiger partial charge on any atom is -0.481 e. The lowest BCUT2D eigenvalue weighted by Gasteiger charge is -2.20. The van der Waals surface area contributed by atoms with Crippen LogP contribution in [0.25, 0.3) is 0 Å². The summed E-state index contributed by atoms with van der Waals surface area (Å²) >= 11 is 0. The van der Waals surface area contributed by atoms with Crippen LogP contribution in [0.15, 0.2) is 6.07 Å². The van der Waals surface area contributed by atoms with E-state index in [1.54, 1.807) is 7.11 Å². The van der Waals surface area contributed by atoms with E-state index in [-0.39, 0.29) is 12.1 Å². The fourth-order valence-electron chi connectivity index (χ4n) is 2.00. The number of hydrogen-bond acceptors (Lipinski definition) is 5. The van der Waals surface area contributed by atoms with Crippen molar-refractivity contribution < 1.29 is 9.47 Å². The zero-order valence-corrected chi connectivity index (χ0v) is 10.6. The van der Waals surface area contributed by atoms with E-state index < -0.39 is 0 Å². The average molecular weight is 237 g/mol. The molecule has 5 nitrogen and oxygen atoms in total. The van der Waals surface area contributed by atoms with Gasteiger partial charge in [0, 0.05) is 18.4 Å². The second kappa shape index (κ2) is 5.31. The van der Waals surface area contributed by atoms with E-state index in [0.29, 0.717) is 11.8 Å². The van der Waals surface area contributed by atoms with Crippen LogP contribution in [0.5, 0.6) is 5.88 Å². The summed E-state index contributed by atoms with van der Waals surface area (Å²) < 4.78 is 10.7. The van der Waals surface area contributed by atoms with Crippen LogP contribution in [0.3, 0.4) is 0 Å². The third-order valence-corrected chi connectivity index (χ3v) is 2.92. The summed E-state index contributed by atoms with van der Waals surface area (Å²) in [5.41, 5.74) is 0.888. The molecule has 1 aliphatic heterocycles. The molecule has 1 fully saturated rings. The van der Waals surface area contributed by atoms with Crippen molar-refractivity contribution >= 4 is 5.95 Å². The molecule has 0 bridgehead atoms. The van der Waals surface area contributed by atoms with Gasteiger partial charge in [-0.2, -0.15) is 4.98 Å². The predicted octanol–water partition coefficient (Wildman–Crippen LogP) is 1.77. The van der Waals surface area contributed by atoms with E-state index in [1.807, 2.05) is 13.0 Å². The number of aryl methyl sites for hydroxylation is 1. The molecule has 1 aromatic rings. The molecule has 94 valence electrons. The van der Waals surface area contributed by atoms with Crippen LogP contribution in [-0.4, -0.2) is 35.8 Å². The first-order valence-electron chi connectivity index (χ1n) is 5.97. The first-order valence-corrected chi connectivity index (χ1v) is 5.97. The first kappa shape index (κ1) is 12.1. The molecule has 2 atom stereocenters. The van der Waals surface area contributed by atoms with Crippen molar-refractivity contribution in [1.82, 2.24) is 9.97 Å². The van der Waals surface area contributed by atoms with Crippen molar-refractivity contribution in [3.63, 3.8) is 0 Å². The molecule has 0 amide bonds. The third-order valence-electron chi connectivity index (χ3n) is 2.92. The van der Waals surface area contributed by atoms with Crippen LogP contribution in [0.1, 0.15) is 25.5 Å². The Morgan fingerprint density at radius 2 is 2.35 bits per heavy atom. The summed E-state index contributed by atoms with van der Waals surface area (Å²) in [5, 5.41) is 3.27. The van der Waals surface area contributed by atoms with E-state index in [0.717, 1.165) is 25.1 Å². The van der Waals surface area contributed by atoms with E-state index in [2.05, 4.69) is 22.2 Å². The maximum atomic E-state index is 5.62. The Labute approximate surface area is 102 Å². The quantitative estimate of drug-likeness (QED) is 0.865. The molecule has 17 heavy (non-hydrogen) atoms. The molecule has 5 heteroatoms. The number of rotatable bonds is 4. The highest BCUT2D eigenvalue weighted by Gasteiger charge is 2.22. The van der Waals surface area contributed by atoms with Gasteiger partial charge in [0.05, 0.1) is 19.3 Å². The second-order valence-corrected chi connectivity index (χ2v) is 4.36. The predicted molar refractivity (Wildman–Crippen MR) is 65.4 cm³/mol. The smallest absolute Gasteiger partial charge is 0.226 e. The monoisotopic (exact) mass is 237 g/mol. The molecule has 0 aromatic carbocycles. The zero-order chi connectivity index (χ0) is 12.3. The van der Waals surface area contributed by atoms with Gasteiger partial charge in [0.15, 0.2) is 0 Å². The van der Waals surface area contributed by atoms with Gasteiger partial charge in [-0.3, -0.25) is 0 Å². The van der Waals surface area contributed by atoms with Gasteiger partial charge < -0.3 is 14.8 Å². The van der Waals surface area contributed by atoms with Gasteiger partial charge in [0.1, 0.15) is 0 Å². The van der Waals surface area contributed by atoms with Gasteiger partial charge >= 0.3 is 0 Å². The van der Waals surface area contributed by atoms with Crippen molar-refractivity contribution in [2.45, 2.75) is 38.8 Å². The van der Waals surface area contributed by atoms with Crippen molar-refractivity contribution in [2.75, 3.05) is 19.0 Å². The van der Waals surface area contributed by atoms with Crippen LogP contribution in [0.4, 0.5) is 5.95 Å². The Balaban J connectivity index is 2.04. The van der Waals surface area contributed by atoms with Gasteiger partial charge in [-0.25, -0.2) is 4.98 Å². The Bertz CT molecular complexity index is 378. The second-order valence-electron chi connectivity index (χ2n) is 4.36. The molecule has 2 unspecified atom stereocenters. The van der Waals surface area contributed by atoms with E-state index in [1.165, 1.54) is 0 Å².